The lowest BCUT2D eigenvalue weighted by atomic mass is 10.1. The molecule has 8 nitrogen and oxygen atoms in total. The van der Waals surface area contributed by atoms with Crippen molar-refractivity contribution in [2.45, 2.75) is 47.2 Å². The van der Waals surface area contributed by atoms with Gasteiger partial charge in [0.15, 0.2) is 0 Å². The average molecular weight is 460 g/mol. The van der Waals surface area contributed by atoms with Crippen LogP contribution in [-0.4, -0.2) is 28.3 Å². The van der Waals surface area contributed by atoms with Gasteiger partial charge in [-0.05, 0) is 49.8 Å². The lowest BCUT2D eigenvalue weighted by Crippen LogP contribution is -2.41. The van der Waals surface area contributed by atoms with Crippen molar-refractivity contribution in [3.63, 3.8) is 0 Å². The molecule has 0 unspecified atom stereocenters. The molecule has 32 heavy (non-hydrogen) atoms. The largest absolute Gasteiger partial charge is 0.494 e. The van der Waals surface area contributed by atoms with Crippen LogP contribution in [0.15, 0.2) is 39.2 Å². The summed E-state index contributed by atoms with van der Waals surface area (Å²) in [6.45, 7) is 8.82. The number of fused-ring (bicyclic) bond motifs is 1. The van der Waals surface area contributed by atoms with Gasteiger partial charge in [0, 0.05) is 12.6 Å². The van der Waals surface area contributed by atoms with Crippen molar-refractivity contribution in [2.75, 3.05) is 18.5 Å². The Morgan fingerprint density at radius 1 is 1.09 bits per heavy atom. The molecule has 0 saturated heterocycles. The highest BCUT2D eigenvalue weighted by Crippen LogP contribution is 2.29. The fourth-order valence-electron chi connectivity index (χ4n) is 3.35. The van der Waals surface area contributed by atoms with Gasteiger partial charge in [0.25, 0.3) is 5.56 Å². The molecule has 0 aliphatic heterocycles. The van der Waals surface area contributed by atoms with Crippen molar-refractivity contribution in [2.24, 2.45) is 5.92 Å². The third-order valence-corrected chi connectivity index (χ3v) is 5.80. The predicted molar refractivity (Wildman–Crippen MR) is 127 cm³/mol. The Labute approximate surface area is 190 Å². The van der Waals surface area contributed by atoms with Crippen molar-refractivity contribution < 1.29 is 14.3 Å². The van der Waals surface area contributed by atoms with Crippen molar-refractivity contribution in [1.29, 1.82) is 0 Å². The van der Waals surface area contributed by atoms with Crippen molar-refractivity contribution >= 4 is 33.1 Å². The maximum absolute atomic E-state index is 13.1. The Balaban J connectivity index is 1.94. The Kier molecular flexibility index (Phi) is 7.74. The molecule has 0 bridgehead atoms. The average Bonchev–Trinajstić information content (AvgIpc) is 3.23. The first-order chi connectivity index (χ1) is 15.3. The number of benzene rings is 1. The minimum absolute atomic E-state index is 0.224. The molecule has 0 aliphatic carbocycles. The van der Waals surface area contributed by atoms with Gasteiger partial charge in [0.2, 0.25) is 5.91 Å². The molecule has 172 valence electrons. The highest BCUT2D eigenvalue weighted by molar-refractivity contribution is 7.17. The first-order valence-electron chi connectivity index (χ1n) is 10.8. The zero-order chi connectivity index (χ0) is 23.3. The maximum atomic E-state index is 13.1. The van der Waals surface area contributed by atoms with Gasteiger partial charge in [-0.3, -0.25) is 18.7 Å². The third-order valence-electron chi connectivity index (χ3n) is 4.90. The van der Waals surface area contributed by atoms with Crippen LogP contribution in [-0.2, 0) is 17.9 Å². The number of rotatable bonds is 10. The van der Waals surface area contributed by atoms with E-state index in [1.54, 1.807) is 29.6 Å². The molecule has 2 aromatic heterocycles. The fraction of sp³-hybridized carbons (Fsp3) is 0.435. The normalized spacial score (nSPS) is 11.2. The Hall–Kier alpha value is -3.07. The van der Waals surface area contributed by atoms with Crippen LogP contribution in [0.4, 0.5) is 5.69 Å². The summed E-state index contributed by atoms with van der Waals surface area (Å²) in [5, 5.41) is 4.58. The monoisotopic (exact) mass is 459 g/mol. The number of anilines is 1. The van der Waals surface area contributed by atoms with Gasteiger partial charge < -0.3 is 14.8 Å². The van der Waals surface area contributed by atoms with Crippen LogP contribution < -0.4 is 26.0 Å². The lowest BCUT2D eigenvalue weighted by Gasteiger charge is -2.15. The minimum Gasteiger partial charge on any atom is -0.494 e. The number of thiophene rings is 1. The van der Waals surface area contributed by atoms with Crippen LogP contribution in [0, 0.1) is 5.92 Å². The molecule has 0 fully saturated rings. The van der Waals surface area contributed by atoms with Crippen LogP contribution in [0.1, 0.15) is 34.1 Å². The van der Waals surface area contributed by atoms with Crippen molar-refractivity contribution in [1.82, 2.24) is 9.13 Å². The van der Waals surface area contributed by atoms with E-state index < -0.39 is 11.6 Å². The lowest BCUT2D eigenvalue weighted by molar-refractivity contribution is -0.116. The SMILES string of the molecule is CCOc1ccc(OCC)c(NC(=O)Cn2c(=O)n(CCC(C)C)c(=O)c3sccc32)c1. The molecular formula is C23H29N3O5S. The van der Waals surface area contributed by atoms with Crippen LogP contribution in [0.3, 0.4) is 0 Å². The van der Waals surface area contributed by atoms with Crippen molar-refractivity contribution in [3.8, 4) is 11.5 Å². The second kappa shape index (κ2) is 10.5. The Morgan fingerprint density at radius 3 is 2.53 bits per heavy atom. The van der Waals surface area contributed by atoms with Gasteiger partial charge in [-0.15, -0.1) is 11.3 Å². The second-order valence-electron chi connectivity index (χ2n) is 7.72. The number of carbonyl (C=O) groups is 1. The van der Waals surface area contributed by atoms with E-state index in [9.17, 15) is 14.4 Å². The topological polar surface area (TPSA) is 91.6 Å². The molecule has 2 heterocycles. The number of nitrogens with one attached hydrogen (secondary N) is 1. The van der Waals surface area contributed by atoms with E-state index in [-0.39, 0.29) is 12.1 Å². The van der Waals surface area contributed by atoms with E-state index in [0.29, 0.717) is 59.5 Å². The summed E-state index contributed by atoms with van der Waals surface area (Å²) >= 11 is 1.27. The molecule has 1 N–H and O–H groups in total. The number of nitrogens with zero attached hydrogens (tertiary/aromatic N) is 2. The van der Waals surface area contributed by atoms with E-state index in [0.717, 1.165) is 0 Å². The Bertz CT molecular complexity index is 1210. The first-order valence-corrected chi connectivity index (χ1v) is 11.6. The van der Waals surface area contributed by atoms with E-state index in [2.05, 4.69) is 5.32 Å². The third kappa shape index (κ3) is 5.21. The summed E-state index contributed by atoms with van der Waals surface area (Å²) in [6.07, 6.45) is 0.695. The summed E-state index contributed by atoms with van der Waals surface area (Å²) in [7, 11) is 0. The van der Waals surface area contributed by atoms with Gasteiger partial charge >= 0.3 is 5.69 Å². The van der Waals surface area contributed by atoms with Gasteiger partial charge in [0.05, 0.1) is 24.4 Å². The number of aromatic nitrogens is 2. The highest BCUT2D eigenvalue weighted by atomic mass is 32.1. The maximum Gasteiger partial charge on any atom is 0.332 e. The van der Waals surface area contributed by atoms with Crippen LogP contribution >= 0.6 is 11.3 Å². The van der Waals surface area contributed by atoms with Crippen LogP contribution in [0.25, 0.3) is 10.2 Å². The molecule has 3 aromatic rings. The van der Waals surface area contributed by atoms with Gasteiger partial charge in [-0.2, -0.15) is 0 Å². The van der Waals surface area contributed by atoms with Crippen molar-refractivity contribution in [3.05, 3.63) is 50.5 Å². The molecule has 3 rings (SSSR count). The molecule has 0 spiro atoms. The molecule has 0 aliphatic rings. The number of amides is 1. The van der Waals surface area contributed by atoms with E-state index in [1.165, 1.54) is 20.5 Å². The molecule has 1 aromatic carbocycles. The molecule has 0 radical (unpaired) electrons. The van der Waals surface area contributed by atoms with E-state index in [4.69, 9.17) is 9.47 Å². The number of carbonyl (C=O) groups excluding carboxylic acids is 1. The number of ether oxygens (including phenoxy) is 2. The first kappa shape index (κ1) is 23.6. The number of hydrogen-bond acceptors (Lipinski definition) is 6. The summed E-state index contributed by atoms with van der Waals surface area (Å²) in [5.74, 6) is 1.06. The van der Waals surface area contributed by atoms with E-state index >= 15 is 0 Å². The summed E-state index contributed by atoms with van der Waals surface area (Å²) in [5.41, 5.74) is 0.143. The van der Waals surface area contributed by atoms with E-state index in [1.807, 2.05) is 27.7 Å². The standard InChI is InChI=1S/C23H29N3O5S/c1-5-30-16-7-8-19(31-6-2)17(13-16)24-20(27)14-26-18-10-12-32-21(18)22(28)25(23(26)29)11-9-15(3)4/h7-8,10,12-13,15H,5-6,9,11,14H2,1-4H3,(H,24,27). The molecule has 0 atom stereocenters. The molecule has 0 saturated carbocycles. The molecular weight excluding hydrogens is 430 g/mol. The molecule has 1 amide bonds. The van der Waals surface area contributed by atoms with Gasteiger partial charge in [-0.1, -0.05) is 13.8 Å². The van der Waals surface area contributed by atoms with Crippen LogP contribution in [0.2, 0.25) is 0 Å². The Morgan fingerprint density at radius 2 is 1.84 bits per heavy atom. The van der Waals surface area contributed by atoms with Gasteiger partial charge in [-0.25, -0.2) is 4.79 Å². The van der Waals surface area contributed by atoms with Gasteiger partial charge in [0.1, 0.15) is 22.7 Å². The predicted octanol–water partition coefficient (Wildman–Crippen LogP) is 3.71. The summed E-state index contributed by atoms with van der Waals surface area (Å²) < 4.78 is 14.2. The highest BCUT2D eigenvalue weighted by Gasteiger charge is 2.18. The fourth-order valence-corrected chi connectivity index (χ4v) is 4.19. The minimum atomic E-state index is -0.482. The zero-order valence-corrected chi connectivity index (χ0v) is 19.7. The smallest absolute Gasteiger partial charge is 0.332 e. The van der Waals surface area contributed by atoms with Crippen LogP contribution in [0.5, 0.6) is 11.5 Å². The number of hydrogen-bond donors (Lipinski definition) is 1. The quantitative estimate of drug-likeness (QED) is 0.499. The summed E-state index contributed by atoms with van der Waals surface area (Å²) in [6, 6.07) is 6.90. The molecule has 9 heteroatoms. The summed E-state index contributed by atoms with van der Waals surface area (Å²) in [4.78, 5) is 38.8. The zero-order valence-electron chi connectivity index (χ0n) is 18.8. The second-order valence-corrected chi connectivity index (χ2v) is 8.63.